The van der Waals surface area contributed by atoms with E-state index < -0.39 is 12.0 Å². The summed E-state index contributed by atoms with van der Waals surface area (Å²) < 4.78 is 21.0. The van der Waals surface area contributed by atoms with Crippen LogP contribution < -0.4 is 29.8 Å². The lowest BCUT2D eigenvalue weighted by molar-refractivity contribution is -0.123. The molecule has 0 heterocycles. The molecule has 0 atom stereocenters. The van der Waals surface area contributed by atoms with Crippen LogP contribution in [0.15, 0.2) is 83.0 Å². The molecule has 0 radical (unpaired) electrons. The van der Waals surface area contributed by atoms with Gasteiger partial charge in [0.2, 0.25) is 0 Å². The summed E-state index contributed by atoms with van der Waals surface area (Å²) in [5, 5.41) is 28.9. The van der Waals surface area contributed by atoms with Crippen LogP contribution in [-0.2, 0) is 4.79 Å². The third kappa shape index (κ3) is 7.86. The third-order valence-corrected chi connectivity index (χ3v) is 5.59. The van der Waals surface area contributed by atoms with Gasteiger partial charge in [-0.25, -0.2) is 15.6 Å². The van der Waals surface area contributed by atoms with Gasteiger partial charge in [0, 0.05) is 11.1 Å². The number of nitrogens with one attached hydrogen (secondary N) is 2. The van der Waals surface area contributed by atoms with Gasteiger partial charge in [0.15, 0.2) is 6.61 Å². The molecule has 0 unspecified atom stereocenters. The highest BCUT2D eigenvalue weighted by atomic mass is 16.6. The van der Waals surface area contributed by atoms with Crippen molar-refractivity contribution in [3.8, 4) is 34.5 Å². The largest absolute Gasteiger partial charge is 0.507 e. The third-order valence-electron chi connectivity index (χ3n) is 5.59. The molecule has 0 saturated carbocycles. The lowest BCUT2D eigenvalue weighted by Gasteiger charge is -2.08. The van der Waals surface area contributed by atoms with Gasteiger partial charge in [-0.2, -0.15) is 10.2 Å². The first-order chi connectivity index (χ1) is 19.8. The lowest BCUT2D eigenvalue weighted by Crippen LogP contribution is -2.24. The molecule has 4 aromatic rings. The second-order valence-corrected chi connectivity index (χ2v) is 8.36. The van der Waals surface area contributed by atoms with Crippen molar-refractivity contribution in [3.63, 3.8) is 0 Å². The molecule has 12 nitrogen and oxygen atoms in total. The number of carbonyl (C=O) groups is 2. The molecule has 210 valence electrons. The zero-order valence-electron chi connectivity index (χ0n) is 22.0. The minimum Gasteiger partial charge on any atom is -0.507 e. The Labute approximate surface area is 234 Å². The minimum atomic E-state index is -0.821. The summed E-state index contributed by atoms with van der Waals surface area (Å²) in [6.45, 7) is -0.289. The van der Waals surface area contributed by atoms with Gasteiger partial charge in [0.25, 0.3) is 5.91 Å². The predicted octanol–water partition coefficient (Wildman–Crippen LogP) is 3.92. The van der Waals surface area contributed by atoms with E-state index in [0.717, 1.165) is 10.8 Å². The van der Waals surface area contributed by atoms with E-state index in [-0.39, 0.29) is 23.9 Å². The summed E-state index contributed by atoms with van der Waals surface area (Å²) in [7, 11) is 3.00. The maximum absolute atomic E-state index is 12.1. The number of hydrogen-bond donors (Lipinski definition) is 4. The van der Waals surface area contributed by atoms with Crippen LogP contribution in [0.1, 0.15) is 11.1 Å². The number of rotatable bonds is 10. The Morgan fingerprint density at radius 3 is 1.80 bits per heavy atom. The topological polar surface area (TPSA) is 160 Å². The fourth-order valence-corrected chi connectivity index (χ4v) is 3.52. The number of phenolic OH excluding ortho intramolecular Hbond substituents is 2. The quantitative estimate of drug-likeness (QED) is 0.168. The number of hydrogen-bond acceptors (Lipinski definition) is 10. The molecule has 4 N–H and O–H groups in total. The van der Waals surface area contributed by atoms with Crippen molar-refractivity contribution in [1.29, 1.82) is 0 Å². The molecule has 2 amide bonds. The highest BCUT2D eigenvalue weighted by molar-refractivity contribution is 5.88. The molecular formula is C29H26N4O8. The van der Waals surface area contributed by atoms with Crippen molar-refractivity contribution >= 4 is 35.2 Å². The van der Waals surface area contributed by atoms with E-state index in [4.69, 9.17) is 18.9 Å². The van der Waals surface area contributed by atoms with Crippen LogP contribution in [0.2, 0.25) is 0 Å². The van der Waals surface area contributed by atoms with Crippen LogP contribution in [-0.4, -0.2) is 55.5 Å². The molecule has 0 aliphatic carbocycles. The average molecular weight is 559 g/mol. The van der Waals surface area contributed by atoms with Crippen LogP contribution in [0, 0.1) is 0 Å². The van der Waals surface area contributed by atoms with Crippen molar-refractivity contribution in [2.45, 2.75) is 0 Å². The molecule has 0 spiro atoms. The molecule has 0 fully saturated rings. The predicted molar refractivity (Wildman–Crippen MR) is 151 cm³/mol. The molecule has 0 aliphatic heterocycles. The van der Waals surface area contributed by atoms with Gasteiger partial charge in [0.1, 0.15) is 34.5 Å². The monoisotopic (exact) mass is 558 g/mol. The van der Waals surface area contributed by atoms with Crippen molar-refractivity contribution in [2.24, 2.45) is 10.2 Å². The van der Waals surface area contributed by atoms with Crippen LogP contribution in [0.25, 0.3) is 10.8 Å². The van der Waals surface area contributed by atoms with E-state index in [1.165, 1.54) is 38.8 Å². The Bertz CT molecular complexity index is 1620. The van der Waals surface area contributed by atoms with Crippen molar-refractivity contribution < 1.29 is 38.7 Å². The fraction of sp³-hybridized carbons (Fsp3) is 0.103. The highest BCUT2D eigenvalue weighted by Gasteiger charge is 2.08. The molecular weight excluding hydrogens is 532 g/mol. The Balaban J connectivity index is 1.28. The van der Waals surface area contributed by atoms with E-state index in [2.05, 4.69) is 21.1 Å². The number of nitrogens with zero attached hydrogens (tertiary/aromatic N) is 2. The summed E-state index contributed by atoms with van der Waals surface area (Å²) in [6, 6.07) is 19.4. The van der Waals surface area contributed by atoms with E-state index in [1.807, 2.05) is 0 Å². The number of phenols is 2. The van der Waals surface area contributed by atoms with Crippen molar-refractivity contribution in [1.82, 2.24) is 10.9 Å². The fourth-order valence-electron chi connectivity index (χ4n) is 3.52. The minimum absolute atomic E-state index is 0.00974. The molecule has 4 aromatic carbocycles. The number of amides is 2. The Hall–Kier alpha value is -5.78. The first-order valence-electron chi connectivity index (χ1n) is 12.1. The lowest BCUT2D eigenvalue weighted by atomic mass is 10.1. The molecule has 0 saturated heterocycles. The second-order valence-electron chi connectivity index (χ2n) is 8.36. The SMILES string of the molecule is COc1ccc(O)c(/C=N/NC(=O)COc2ccc3cc(OC(=O)N/N=C/c4cc(OC)ccc4O)ccc3c2)c1. The summed E-state index contributed by atoms with van der Waals surface area (Å²) in [5.41, 5.74) is 5.29. The summed E-state index contributed by atoms with van der Waals surface area (Å²) in [4.78, 5) is 24.2. The first kappa shape index (κ1) is 28.2. The smallest absolute Gasteiger partial charge is 0.433 e. The number of methoxy groups -OCH3 is 2. The van der Waals surface area contributed by atoms with Crippen LogP contribution in [0.5, 0.6) is 34.5 Å². The number of hydrazone groups is 2. The highest BCUT2D eigenvalue weighted by Crippen LogP contribution is 2.25. The molecule has 0 bridgehead atoms. The number of aromatic hydroxyl groups is 2. The maximum atomic E-state index is 12.1. The second kappa shape index (κ2) is 13.3. The molecule has 0 aromatic heterocycles. The van der Waals surface area contributed by atoms with E-state index in [9.17, 15) is 19.8 Å². The number of ether oxygens (including phenoxy) is 4. The molecule has 0 aliphatic rings. The normalized spacial score (nSPS) is 11.0. The summed E-state index contributed by atoms with van der Waals surface area (Å²) in [5.74, 6) is 1.26. The number of fused-ring (bicyclic) bond motifs is 1. The number of benzene rings is 4. The van der Waals surface area contributed by atoms with Gasteiger partial charge in [-0.3, -0.25) is 4.79 Å². The van der Waals surface area contributed by atoms with Crippen molar-refractivity contribution in [2.75, 3.05) is 20.8 Å². The molecule has 4 rings (SSSR count). The summed E-state index contributed by atoms with van der Waals surface area (Å²) in [6.07, 6.45) is 1.74. The van der Waals surface area contributed by atoms with Gasteiger partial charge >= 0.3 is 6.09 Å². The maximum Gasteiger partial charge on any atom is 0.433 e. The Morgan fingerprint density at radius 2 is 1.22 bits per heavy atom. The van der Waals surface area contributed by atoms with Gasteiger partial charge in [-0.1, -0.05) is 12.1 Å². The van der Waals surface area contributed by atoms with E-state index in [0.29, 0.717) is 28.4 Å². The van der Waals surface area contributed by atoms with E-state index >= 15 is 0 Å². The molecule has 12 heteroatoms. The Morgan fingerprint density at radius 1 is 0.707 bits per heavy atom. The molecule has 41 heavy (non-hydrogen) atoms. The van der Waals surface area contributed by atoms with Crippen LogP contribution in [0.4, 0.5) is 4.79 Å². The van der Waals surface area contributed by atoms with Gasteiger partial charge < -0.3 is 29.2 Å². The van der Waals surface area contributed by atoms with Gasteiger partial charge in [-0.15, -0.1) is 0 Å². The zero-order chi connectivity index (χ0) is 29.2. The van der Waals surface area contributed by atoms with Gasteiger partial charge in [-0.05, 0) is 71.4 Å². The van der Waals surface area contributed by atoms with Crippen molar-refractivity contribution in [3.05, 3.63) is 83.9 Å². The average Bonchev–Trinajstić information content (AvgIpc) is 2.98. The standard InChI is InChI=1S/C29H26N4O8/c1-38-22-7-9-26(34)20(13-22)15-30-32-28(36)17-40-24-5-3-19-12-25(6-4-18(19)11-24)41-29(37)33-31-16-21-14-23(39-2)8-10-27(21)35/h3-16,34-35H,17H2,1-2H3,(H,32,36)(H,33,37)/b30-15+,31-16+. The first-order valence-corrected chi connectivity index (χ1v) is 12.1. The van der Waals surface area contributed by atoms with Gasteiger partial charge in [0.05, 0.1) is 26.6 Å². The van der Waals surface area contributed by atoms with Crippen LogP contribution in [0.3, 0.4) is 0 Å². The Kier molecular flexibility index (Phi) is 9.18. The summed E-state index contributed by atoms with van der Waals surface area (Å²) >= 11 is 0. The zero-order valence-corrected chi connectivity index (χ0v) is 22.0. The van der Waals surface area contributed by atoms with Crippen LogP contribution >= 0.6 is 0 Å². The number of carbonyl (C=O) groups excluding carboxylic acids is 2. The van der Waals surface area contributed by atoms with E-state index in [1.54, 1.807) is 60.7 Å².